The van der Waals surface area contributed by atoms with Gasteiger partial charge in [0.15, 0.2) is 0 Å². The third-order valence-electron chi connectivity index (χ3n) is 2.97. The van der Waals surface area contributed by atoms with E-state index >= 15 is 0 Å². The van der Waals surface area contributed by atoms with Crippen LogP contribution in [0.15, 0.2) is 54.7 Å². The Bertz CT molecular complexity index is 710. The van der Waals surface area contributed by atoms with Crippen molar-refractivity contribution in [3.63, 3.8) is 0 Å². The van der Waals surface area contributed by atoms with Gasteiger partial charge in [0.2, 0.25) is 0 Å². The molecular formula is C16H12ClN. The zero-order valence-corrected chi connectivity index (χ0v) is 10.5. The lowest BCUT2D eigenvalue weighted by molar-refractivity contribution is 1.47. The third kappa shape index (κ3) is 2.05. The summed E-state index contributed by atoms with van der Waals surface area (Å²) in [5.41, 5.74) is 3.35. The normalized spacial score (nSPS) is 11.4. The molecule has 0 unspecified atom stereocenters. The summed E-state index contributed by atoms with van der Waals surface area (Å²) in [6.07, 6.45) is 6.13. The molecular weight excluding hydrogens is 242 g/mol. The third-order valence-corrected chi connectivity index (χ3v) is 3.31. The molecule has 0 fully saturated rings. The first-order chi connectivity index (χ1) is 8.84. The fourth-order valence-corrected chi connectivity index (χ4v) is 2.22. The number of nitrogens with one attached hydrogen (secondary N) is 1. The maximum Gasteiger partial charge on any atom is 0.0478 e. The molecule has 18 heavy (non-hydrogen) atoms. The summed E-state index contributed by atoms with van der Waals surface area (Å²) in [6, 6.07) is 16.1. The van der Waals surface area contributed by atoms with Crippen molar-refractivity contribution in [1.82, 2.24) is 4.98 Å². The van der Waals surface area contributed by atoms with Crippen LogP contribution in [0.3, 0.4) is 0 Å². The maximum atomic E-state index is 6.12. The van der Waals surface area contributed by atoms with Crippen molar-refractivity contribution >= 4 is 34.7 Å². The second-order valence-electron chi connectivity index (χ2n) is 4.14. The lowest BCUT2D eigenvalue weighted by Gasteiger charge is -1.96. The van der Waals surface area contributed by atoms with E-state index in [0.717, 1.165) is 16.1 Å². The van der Waals surface area contributed by atoms with Gasteiger partial charge in [0.1, 0.15) is 0 Å². The molecule has 3 aromatic rings. The van der Waals surface area contributed by atoms with Gasteiger partial charge >= 0.3 is 0 Å². The summed E-state index contributed by atoms with van der Waals surface area (Å²) in [5.74, 6) is 0. The van der Waals surface area contributed by atoms with Crippen LogP contribution in [0.5, 0.6) is 0 Å². The Morgan fingerprint density at radius 3 is 2.44 bits per heavy atom. The lowest BCUT2D eigenvalue weighted by atomic mass is 10.1. The molecule has 0 saturated heterocycles. The van der Waals surface area contributed by atoms with Gasteiger partial charge in [-0.25, -0.2) is 0 Å². The van der Waals surface area contributed by atoms with E-state index < -0.39 is 0 Å². The Hall–Kier alpha value is -1.99. The van der Waals surface area contributed by atoms with Crippen LogP contribution >= 0.6 is 11.6 Å². The van der Waals surface area contributed by atoms with E-state index in [9.17, 15) is 0 Å². The summed E-state index contributed by atoms with van der Waals surface area (Å²) in [4.78, 5) is 3.25. The minimum absolute atomic E-state index is 0.772. The minimum Gasteiger partial charge on any atom is -0.361 e. The van der Waals surface area contributed by atoms with Crippen molar-refractivity contribution in [2.45, 2.75) is 0 Å². The van der Waals surface area contributed by atoms with Crippen molar-refractivity contribution in [3.05, 3.63) is 70.9 Å². The number of H-pyrrole nitrogens is 1. The molecule has 0 amide bonds. The summed E-state index contributed by atoms with van der Waals surface area (Å²) in [6.45, 7) is 0. The topological polar surface area (TPSA) is 15.8 Å². The molecule has 2 aromatic carbocycles. The standard InChI is InChI=1S/C16H12ClN/c17-15-7-3-1-5-12(15)9-10-13-11-18-16-8-4-2-6-14(13)16/h1-11,18H/b10-9+. The van der Waals surface area contributed by atoms with E-state index in [1.165, 1.54) is 10.9 Å². The average Bonchev–Trinajstić information content (AvgIpc) is 2.81. The second kappa shape index (κ2) is 4.71. The van der Waals surface area contributed by atoms with Crippen molar-refractivity contribution in [3.8, 4) is 0 Å². The molecule has 0 aliphatic heterocycles. The van der Waals surface area contributed by atoms with Gasteiger partial charge in [0.05, 0.1) is 0 Å². The molecule has 88 valence electrons. The van der Waals surface area contributed by atoms with Gasteiger partial charge in [-0.1, -0.05) is 60.2 Å². The van der Waals surface area contributed by atoms with Gasteiger partial charge in [-0.3, -0.25) is 0 Å². The second-order valence-corrected chi connectivity index (χ2v) is 4.55. The number of rotatable bonds is 2. The fraction of sp³-hybridized carbons (Fsp3) is 0. The molecule has 0 aliphatic carbocycles. The van der Waals surface area contributed by atoms with Gasteiger partial charge in [0, 0.05) is 22.1 Å². The monoisotopic (exact) mass is 253 g/mol. The molecule has 0 atom stereocenters. The van der Waals surface area contributed by atoms with E-state index in [1.54, 1.807) is 0 Å². The summed E-state index contributed by atoms with van der Waals surface area (Å²) >= 11 is 6.12. The number of halogens is 1. The Morgan fingerprint density at radius 2 is 1.56 bits per heavy atom. The number of aromatic amines is 1. The molecule has 2 heteroatoms. The van der Waals surface area contributed by atoms with Crippen LogP contribution in [0.4, 0.5) is 0 Å². The highest BCUT2D eigenvalue weighted by Crippen LogP contribution is 2.22. The first-order valence-corrected chi connectivity index (χ1v) is 6.21. The summed E-state index contributed by atoms with van der Waals surface area (Å²) in [7, 11) is 0. The number of hydrogen-bond acceptors (Lipinski definition) is 0. The molecule has 0 saturated carbocycles. The maximum absolute atomic E-state index is 6.12. The number of fused-ring (bicyclic) bond motifs is 1. The number of aromatic nitrogens is 1. The van der Waals surface area contributed by atoms with Crippen LogP contribution in [-0.2, 0) is 0 Å². The van der Waals surface area contributed by atoms with Crippen molar-refractivity contribution in [2.75, 3.05) is 0 Å². The van der Waals surface area contributed by atoms with Gasteiger partial charge in [-0.2, -0.15) is 0 Å². The summed E-state index contributed by atoms with van der Waals surface area (Å²) < 4.78 is 0. The van der Waals surface area contributed by atoms with Crippen molar-refractivity contribution < 1.29 is 0 Å². The fourth-order valence-electron chi connectivity index (χ4n) is 2.02. The van der Waals surface area contributed by atoms with E-state index in [4.69, 9.17) is 11.6 Å². The Morgan fingerprint density at radius 1 is 0.833 bits per heavy atom. The zero-order valence-electron chi connectivity index (χ0n) is 9.73. The Kier molecular flexibility index (Phi) is 2.91. The zero-order chi connectivity index (χ0) is 12.4. The van der Waals surface area contributed by atoms with E-state index in [-0.39, 0.29) is 0 Å². The molecule has 3 rings (SSSR count). The number of para-hydroxylation sites is 1. The molecule has 1 heterocycles. The molecule has 0 spiro atoms. The van der Waals surface area contributed by atoms with Crippen molar-refractivity contribution in [1.29, 1.82) is 0 Å². The average molecular weight is 254 g/mol. The highest BCUT2D eigenvalue weighted by atomic mass is 35.5. The highest BCUT2D eigenvalue weighted by Gasteiger charge is 1.99. The van der Waals surface area contributed by atoms with E-state index in [0.29, 0.717) is 0 Å². The smallest absolute Gasteiger partial charge is 0.0478 e. The van der Waals surface area contributed by atoms with Crippen LogP contribution in [0, 0.1) is 0 Å². The van der Waals surface area contributed by atoms with Crippen LogP contribution in [0.1, 0.15) is 11.1 Å². The molecule has 1 N–H and O–H groups in total. The Labute approximate surface area is 111 Å². The lowest BCUT2D eigenvalue weighted by Crippen LogP contribution is -1.73. The summed E-state index contributed by atoms with van der Waals surface area (Å²) in [5, 5.41) is 1.99. The molecule has 0 radical (unpaired) electrons. The van der Waals surface area contributed by atoms with Crippen LogP contribution in [0.2, 0.25) is 5.02 Å². The van der Waals surface area contributed by atoms with Gasteiger partial charge in [-0.05, 0) is 23.3 Å². The van der Waals surface area contributed by atoms with Gasteiger partial charge in [-0.15, -0.1) is 0 Å². The van der Waals surface area contributed by atoms with Gasteiger partial charge in [0.25, 0.3) is 0 Å². The number of hydrogen-bond donors (Lipinski definition) is 1. The predicted molar refractivity (Wildman–Crippen MR) is 78.7 cm³/mol. The van der Waals surface area contributed by atoms with Crippen LogP contribution in [-0.4, -0.2) is 4.98 Å². The largest absolute Gasteiger partial charge is 0.361 e. The van der Waals surface area contributed by atoms with Crippen molar-refractivity contribution in [2.24, 2.45) is 0 Å². The van der Waals surface area contributed by atoms with Gasteiger partial charge < -0.3 is 4.98 Å². The predicted octanol–water partition coefficient (Wildman–Crippen LogP) is 4.99. The first-order valence-electron chi connectivity index (χ1n) is 5.83. The quantitative estimate of drug-likeness (QED) is 0.662. The molecule has 0 bridgehead atoms. The SMILES string of the molecule is Clc1ccccc1/C=C/c1c[nH]c2ccccc12. The van der Waals surface area contributed by atoms with E-state index in [2.05, 4.69) is 23.2 Å². The minimum atomic E-state index is 0.772. The molecule has 1 nitrogen and oxygen atoms in total. The first kappa shape index (κ1) is 11.1. The highest BCUT2D eigenvalue weighted by molar-refractivity contribution is 6.32. The molecule has 0 aliphatic rings. The number of benzene rings is 2. The van der Waals surface area contributed by atoms with E-state index in [1.807, 2.05) is 48.7 Å². The van der Waals surface area contributed by atoms with Crippen LogP contribution < -0.4 is 0 Å². The van der Waals surface area contributed by atoms with Crippen LogP contribution in [0.25, 0.3) is 23.1 Å². The molecule has 1 aromatic heterocycles. The Balaban J connectivity index is 2.00.